The fourth-order valence-electron chi connectivity index (χ4n) is 2.37. The number of carbonyl (C=O) groups excluding carboxylic acids is 3. The van der Waals surface area contributed by atoms with Crippen molar-refractivity contribution >= 4 is 39.4 Å². The fourth-order valence-corrected chi connectivity index (χ4v) is 2.77. The zero-order chi connectivity index (χ0) is 21.2. The summed E-state index contributed by atoms with van der Waals surface area (Å²) in [4.78, 5) is 37.3. The Hall–Kier alpha value is -3.25. The molecule has 29 heavy (non-hydrogen) atoms. The topological polar surface area (TPSA) is 99.5 Å². The Morgan fingerprint density at radius 3 is 2.62 bits per heavy atom. The number of carbonyl (C=O) groups is 3. The number of nitriles is 1. The van der Waals surface area contributed by atoms with Gasteiger partial charge in [0.1, 0.15) is 12.4 Å². The van der Waals surface area contributed by atoms with E-state index >= 15 is 0 Å². The van der Waals surface area contributed by atoms with Crippen molar-refractivity contribution in [2.45, 2.75) is 6.42 Å². The van der Waals surface area contributed by atoms with Crippen LogP contribution in [0.5, 0.6) is 0 Å². The number of amides is 2. The maximum Gasteiger partial charge on any atom is 0.325 e. The Labute approximate surface area is 175 Å². The van der Waals surface area contributed by atoms with Crippen LogP contribution in [-0.4, -0.2) is 37.5 Å². The summed E-state index contributed by atoms with van der Waals surface area (Å²) in [6.07, 6.45) is -0.0171. The van der Waals surface area contributed by atoms with Crippen LogP contribution >= 0.6 is 15.9 Å². The first-order chi connectivity index (χ1) is 13.9. The first-order valence-electron chi connectivity index (χ1n) is 8.53. The van der Waals surface area contributed by atoms with Crippen molar-refractivity contribution in [1.82, 2.24) is 5.32 Å². The highest BCUT2D eigenvalue weighted by atomic mass is 79.9. The summed E-state index contributed by atoms with van der Waals surface area (Å²) in [6, 6.07) is 14.1. The van der Waals surface area contributed by atoms with Crippen molar-refractivity contribution in [3.63, 3.8) is 0 Å². The maximum absolute atomic E-state index is 14.0. The Balaban J connectivity index is 1.90. The van der Waals surface area contributed by atoms with E-state index in [0.29, 0.717) is 10.0 Å². The maximum atomic E-state index is 14.0. The van der Waals surface area contributed by atoms with E-state index in [2.05, 4.69) is 21.2 Å². The standard InChI is InChI=1S/C20H17BrFN3O4/c21-15-6-3-5-14(11-15)20(28)24-12-19(27)29-13-18(26)25(10-4-9-23)17-8-2-1-7-16(17)22/h1-3,5-8,11H,4,10,12-13H2,(H,24,28). The second kappa shape index (κ2) is 10.9. The van der Waals surface area contributed by atoms with Gasteiger partial charge in [0, 0.05) is 16.6 Å². The second-order valence-electron chi connectivity index (χ2n) is 5.76. The average molecular weight is 462 g/mol. The fraction of sp³-hybridized carbons (Fsp3) is 0.200. The molecule has 7 nitrogen and oxygen atoms in total. The third-order valence-electron chi connectivity index (χ3n) is 3.73. The minimum absolute atomic E-state index is 0.00763. The molecule has 2 rings (SSSR count). The number of hydrogen-bond donors (Lipinski definition) is 1. The van der Waals surface area contributed by atoms with Crippen LogP contribution in [-0.2, 0) is 14.3 Å². The number of nitrogens with zero attached hydrogens (tertiary/aromatic N) is 2. The molecule has 2 amide bonds. The second-order valence-corrected chi connectivity index (χ2v) is 6.67. The lowest BCUT2D eigenvalue weighted by Gasteiger charge is -2.22. The van der Waals surface area contributed by atoms with Crippen LogP contribution < -0.4 is 10.2 Å². The largest absolute Gasteiger partial charge is 0.454 e. The van der Waals surface area contributed by atoms with Gasteiger partial charge in [0.05, 0.1) is 18.2 Å². The van der Waals surface area contributed by atoms with E-state index in [1.165, 1.54) is 18.2 Å². The third kappa shape index (κ3) is 6.69. The van der Waals surface area contributed by atoms with E-state index in [-0.39, 0.29) is 18.7 Å². The third-order valence-corrected chi connectivity index (χ3v) is 4.22. The molecule has 0 aromatic heterocycles. The predicted octanol–water partition coefficient (Wildman–Crippen LogP) is 2.81. The molecule has 0 saturated heterocycles. The van der Waals surface area contributed by atoms with Gasteiger partial charge in [0.2, 0.25) is 0 Å². The monoisotopic (exact) mass is 461 g/mol. The van der Waals surface area contributed by atoms with Gasteiger partial charge in [0.15, 0.2) is 6.61 Å². The molecule has 150 valence electrons. The number of esters is 1. The number of nitrogens with one attached hydrogen (secondary N) is 1. The van der Waals surface area contributed by atoms with E-state index in [4.69, 9.17) is 10.00 Å². The SMILES string of the molecule is N#CCCN(C(=O)COC(=O)CNC(=O)c1cccc(Br)c1)c1ccccc1F. The van der Waals surface area contributed by atoms with Crippen molar-refractivity contribution in [1.29, 1.82) is 5.26 Å². The van der Waals surface area contributed by atoms with E-state index < -0.39 is 36.8 Å². The first kappa shape index (κ1) is 22.0. The van der Waals surface area contributed by atoms with Gasteiger partial charge in [0.25, 0.3) is 11.8 Å². The van der Waals surface area contributed by atoms with Crippen LogP contribution in [0.2, 0.25) is 0 Å². The van der Waals surface area contributed by atoms with Gasteiger partial charge < -0.3 is 15.0 Å². The minimum atomic E-state index is -0.824. The summed E-state index contributed by atoms with van der Waals surface area (Å²) in [5, 5.41) is 11.1. The Bertz CT molecular complexity index is 945. The van der Waals surface area contributed by atoms with Gasteiger partial charge in [-0.15, -0.1) is 0 Å². The van der Waals surface area contributed by atoms with Gasteiger partial charge in [-0.05, 0) is 30.3 Å². The highest BCUT2D eigenvalue weighted by Crippen LogP contribution is 2.19. The van der Waals surface area contributed by atoms with Crippen LogP contribution in [0.25, 0.3) is 0 Å². The molecule has 0 aliphatic carbocycles. The van der Waals surface area contributed by atoms with E-state index in [1.807, 2.05) is 6.07 Å². The first-order valence-corrected chi connectivity index (χ1v) is 9.33. The molecule has 2 aromatic carbocycles. The van der Waals surface area contributed by atoms with Crippen LogP contribution in [0.3, 0.4) is 0 Å². The molecule has 0 atom stereocenters. The summed E-state index contributed by atoms with van der Waals surface area (Å²) in [6.45, 7) is -1.13. The molecule has 9 heteroatoms. The van der Waals surface area contributed by atoms with Crippen molar-refractivity contribution < 1.29 is 23.5 Å². The molecular formula is C20H17BrFN3O4. The smallest absolute Gasteiger partial charge is 0.325 e. The Morgan fingerprint density at radius 1 is 1.17 bits per heavy atom. The molecule has 0 aliphatic heterocycles. The number of anilines is 1. The van der Waals surface area contributed by atoms with Gasteiger partial charge in [-0.25, -0.2) is 4.39 Å². The van der Waals surface area contributed by atoms with Gasteiger partial charge in [-0.3, -0.25) is 14.4 Å². The molecule has 0 bridgehead atoms. The van der Waals surface area contributed by atoms with Gasteiger partial charge in [-0.2, -0.15) is 5.26 Å². The molecule has 2 aromatic rings. The van der Waals surface area contributed by atoms with Gasteiger partial charge in [-0.1, -0.05) is 34.1 Å². The summed E-state index contributed by atoms with van der Waals surface area (Å²) in [7, 11) is 0. The minimum Gasteiger partial charge on any atom is -0.454 e. The number of rotatable bonds is 8. The molecule has 0 aliphatic rings. The Kier molecular flexibility index (Phi) is 8.30. The number of ether oxygens (including phenoxy) is 1. The molecule has 0 saturated carbocycles. The Morgan fingerprint density at radius 2 is 1.93 bits per heavy atom. The highest BCUT2D eigenvalue weighted by Gasteiger charge is 2.20. The number of halogens is 2. The van der Waals surface area contributed by atoms with Crippen molar-refractivity contribution in [3.8, 4) is 6.07 Å². The molecule has 0 radical (unpaired) electrons. The average Bonchev–Trinajstić information content (AvgIpc) is 2.71. The summed E-state index contributed by atoms with van der Waals surface area (Å²) < 4.78 is 19.6. The van der Waals surface area contributed by atoms with Crippen LogP contribution in [0.15, 0.2) is 53.0 Å². The molecule has 0 heterocycles. The number of benzene rings is 2. The molecular weight excluding hydrogens is 445 g/mol. The van der Waals surface area contributed by atoms with E-state index in [0.717, 1.165) is 4.90 Å². The lowest BCUT2D eigenvalue weighted by atomic mass is 10.2. The van der Waals surface area contributed by atoms with Crippen molar-refractivity contribution in [2.24, 2.45) is 0 Å². The van der Waals surface area contributed by atoms with Crippen molar-refractivity contribution in [2.75, 3.05) is 24.6 Å². The van der Waals surface area contributed by atoms with Crippen molar-refractivity contribution in [3.05, 3.63) is 64.4 Å². The quantitative estimate of drug-likeness (QED) is 0.609. The summed E-state index contributed by atoms with van der Waals surface area (Å²) in [5.41, 5.74) is 0.345. The molecule has 1 N–H and O–H groups in total. The van der Waals surface area contributed by atoms with E-state index in [9.17, 15) is 18.8 Å². The lowest BCUT2D eigenvalue weighted by Crippen LogP contribution is -2.37. The molecule has 0 unspecified atom stereocenters. The van der Waals surface area contributed by atoms with Crippen LogP contribution in [0, 0.1) is 17.1 Å². The normalized spacial score (nSPS) is 9.97. The lowest BCUT2D eigenvalue weighted by molar-refractivity contribution is -0.146. The zero-order valence-electron chi connectivity index (χ0n) is 15.2. The van der Waals surface area contributed by atoms with Crippen LogP contribution in [0.4, 0.5) is 10.1 Å². The highest BCUT2D eigenvalue weighted by molar-refractivity contribution is 9.10. The zero-order valence-corrected chi connectivity index (χ0v) is 16.8. The summed E-state index contributed by atoms with van der Waals surface area (Å²) in [5.74, 6) is -2.62. The van der Waals surface area contributed by atoms with Crippen LogP contribution in [0.1, 0.15) is 16.8 Å². The van der Waals surface area contributed by atoms with Gasteiger partial charge >= 0.3 is 5.97 Å². The summed E-state index contributed by atoms with van der Waals surface area (Å²) >= 11 is 3.25. The number of para-hydroxylation sites is 1. The molecule has 0 spiro atoms. The molecule has 0 fully saturated rings. The van der Waals surface area contributed by atoms with E-state index in [1.54, 1.807) is 30.3 Å². The predicted molar refractivity (Wildman–Crippen MR) is 106 cm³/mol. The number of hydrogen-bond acceptors (Lipinski definition) is 5.